The lowest BCUT2D eigenvalue weighted by atomic mass is 10.2. The average molecular weight is 324 g/mol. The first-order valence-corrected chi connectivity index (χ1v) is 7.22. The van der Waals surface area contributed by atoms with Gasteiger partial charge in [0.15, 0.2) is 0 Å². The second kappa shape index (κ2) is 8.19. The molecule has 0 bridgehead atoms. The van der Waals surface area contributed by atoms with Crippen molar-refractivity contribution in [1.82, 2.24) is 0 Å². The van der Waals surface area contributed by atoms with E-state index in [2.05, 4.69) is 16.0 Å². The third kappa shape index (κ3) is 5.03. The molecular weight excluding hydrogens is 308 g/mol. The molecule has 2 aromatic rings. The maximum absolute atomic E-state index is 11.9. The Kier molecular flexibility index (Phi) is 5.75. The number of ether oxygens (including phenoxy) is 1. The van der Waals surface area contributed by atoms with E-state index in [0.29, 0.717) is 29.2 Å². The summed E-state index contributed by atoms with van der Waals surface area (Å²) in [6.45, 7) is 2.01. The molecule has 0 radical (unpaired) electrons. The van der Waals surface area contributed by atoms with Crippen LogP contribution in [0.2, 0.25) is 0 Å². The molecule has 0 aromatic heterocycles. The van der Waals surface area contributed by atoms with Crippen LogP contribution in [0.25, 0.3) is 0 Å². The lowest BCUT2D eigenvalue weighted by Gasteiger charge is -2.09. The van der Waals surface area contributed by atoms with Crippen LogP contribution in [-0.2, 0) is 4.74 Å². The Hall–Kier alpha value is -3.53. The molecule has 0 heterocycles. The predicted molar refractivity (Wildman–Crippen MR) is 90.9 cm³/mol. The van der Waals surface area contributed by atoms with Gasteiger partial charge in [0.25, 0.3) is 0 Å². The summed E-state index contributed by atoms with van der Waals surface area (Å²) in [6.07, 6.45) is -0.534. The number of hydrogen-bond acceptors (Lipinski definition) is 4. The van der Waals surface area contributed by atoms with Crippen LogP contribution in [0.5, 0.6) is 0 Å². The van der Waals surface area contributed by atoms with Crippen LogP contribution in [0.15, 0.2) is 48.5 Å². The van der Waals surface area contributed by atoms with E-state index < -0.39 is 12.1 Å². The lowest BCUT2D eigenvalue weighted by Crippen LogP contribution is -2.19. The van der Waals surface area contributed by atoms with Crippen molar-refractivity contribution >= 4 is 29.2 Å². The van der Waals surface area contributed by atoms with Crippen LogP contribution in [-0.4, -0.2) is 18.7 Å². The first-order valence-electron chi connectivity index (χ1n) is 7.22. The second-order valence-corrected chi connectivity index (χ2v) is 4.69. The molecule has 0 unspecified atom stereocenters. The maximum Gasteiger partial charge on any atom is 0.411 e. The number of carbonyl (C=O) groups is 2. The van der Waals surface area contributed by atoms with Gasteiger partial charge in [-0.2, -0.15) is 5.26 Å². The molecule has 0 aliphatic carbocycles. The molecule has 2 aromatic carbocycles. The summed E-state index contributed by atoms with van der Waals surface area (Å²) in [5, 5.41) is 16.7. The molecule has 7 heteroatoms. The smallest absolute Gasteiger partial charge is 0.411 e. The number of nitrogens with one attached hydrogen (secondary N) is 3. The van der Waals surface area contributed by atoms with E-state index in [1.165, 1.54) is 0 Å². The highest BCUT2D eigenvalue weighted by atomic mass is 16.5. The summed E-state index contributed by atoms with van der Waals surface area (Å²) in [4.78, 5) is 23.2. The lowest BCUT2D eigenvalue weighted by molar-refractivity contribution is 0.168. The monoisotopic (exact) mass is 324 g/mol. The number of nitrogens with zero attached hydrogens (tertiary/aromatic N) is 1. The third-order valence-corrected chi connectivity index (χ3v) is 2.91. The fourth-order valence-electron chi connectivity index (χ4n) is 1.88. The number of carbonyl (C=O) groups excluding carboxylic acids is 2. The molecule has 0 fully saturated rings. The van der Waals surface area contributed by atoms with E-state index in [-0.39, 0.29) is 0 Å². The van der Waals surface area contributed by atoms with Crippen LogP contribution in [0, 0.1) is 11.3 Å². The van der Waals surface area contributed by atoms with Crippen molar-refractivity contribution in [3.63, 3.8) is 0 Å². The molecule has 0 aliphatic heterocycles. The summed E-state index contributed by atoms with van der Waals surface area (Å²) >= 11 is 0. The van der Waals surface area contributed by atoms with Crippen molar-refractivity contribution in [1.29, 1.82) is 5.26 Å². The topological polar surface area (TPSA) is 103 Å². The molecule has 7 nitrogen and oxygen atoms in total. The number of hydrogen-bond donors (Lipinski definition) is 3. The molecule has 122 valence electrons. The summed E-state index contributed by atoms with van der Waals surface area (Å²) < 4.78 is 4.77. The molecule has 3 amide bonds. The molecule has 0 saturated heterocycles. The molecule has 0 spiro atoms. The van der Waals surface area contributed by atoms with E-state index >= 15 is 0 Å². The molecule has 0 atom stereocenters. The number of rotatable bonds is 4. The highest BCUT2D eigenvalue weighted by Gasteiger charge is 2.05. The quantitative estimate of drug-likeness (QED) is 0.796. The molecule has 0 aliphatic rings. The molecule has 24 heavy (non-hydrogen) atoms. The third-order valence-electron chi connectivity index (χ3n) is 2.91. The van der Waals surface area contributed by atoms with Crippen LogP contribution >= 0.6 is 0 Å². The van der Waals surface area contributed by atoms with Crippen LogP contribution in [0.3, 0.4) is 0 Å². The minimum absolute atomic E-state index is 0.290. The van der Waals surface area contributed by atoms with Gasteiger partial charge < -0.3 is 15.4 Å². The maximum atomic E-state index is 11.9. The molecular formula is C17H16N4O3. The van der Waals surface area contributed by atoms with Crippen molar-refractivity contribution < 1.29 is 14.3 Å². The van der Waals surface area contributed by atoms with Gasteiger partial charge in [-0.15, -0.1) is 0 Å². The van der Waals surface area contributed by atoms with E-state index in [1.54, 1.807) is 55.5 Å². The van der Waals surface area contributed by atoms with Crippen molar-refractivity contribution in [3.05, 3.63) is 54.1 Å². The highest BCUT2D eigenvalue weighted by molar-refractivity contribution is 6.00. The van der Waals surface area contributed by atoms with Crippen molar-refractivity contribution in [2.24, 2.45) is 0 Å². The second-order valence-electron chi connectivity index (χ2n) is 4.69. The molecule has 2 rings (SSSR count). The Bertz CT molecular complexity index is 766. The van der Waals surface area contributed by atoms with E-state index in [0.717, 1.165) is 0 Å². The Balaban J connectivity index is 1.92. The van der Waals surface area contributed by atoms with Crippen molar-refractivity contribution in [2.45, 2.75) is 6.92 Å². The number of anilines is 3. The SMILES string of the molecule is CCOC(=O)Nc1ccc(NC(=O)Nc2cccc(C#N)c2)cc1. The van der Waals surface area contributed by atoms with Gasteiger partial charge in [-0.05, 0) is 49.4 Å². The Morgan fingerprint density at radius 1 is 1.00 bits per heavy atom. The predicted octanol–water partition coefficient (Wildman–Crippen LogP) is 3.77. The standard InChI is InChI=1S/C17H16N4O3/c1-2-24-17(23)21-14-8-6-13(7-9-14)19-16(22)20-15-5-3-4-12(10-15)11-18/h3-10H,2H2,1H3,(H,21,23)(H2,19,20,22). The Morgan fingerprint density at radius 3 is 2.25 bits per heavy atom. The van der Waals surface area contributed by atoms with Gasteiger partial charge in [0, 0.05) is 17.1 Å². The molecule has 3 N–H and O–H groups in total. The zero-order valence-corrected chi connectivity index (χ0v) is 13.0. The van der Waals surface area contributed by atoms with Crippen LogP contribution < -0.4 is 16.0 Å². The van der Waals surface area contributed by atoms with Gasteiger partial charge >= 0.3 is 12.1 Å². The van der Waals surface area contributed by atoms with E-state index in [9.17, 15) is 9.59 Å². The first-order chi connectivity index (χ1) is 11.6. The van der Waals surface area contributed by atoms with Crippen molar-refractivity contribution in [2.75, 3.05) is 22.6 Å². The van der Waals surface area contributed by atoms with E-state index in [4.69, 9.17) is 10.00 Å². The largest absolute Gasteiger partial charge is 0.450 e. The normalized spacial score (nSPS) is 9.50. The summed E-state index contributed by atoms with van der Waals surface area (Å²) in [6, 6.07) is 14.7. The Labute approximate surface area is 139 Å². The zero-order valence-electron chi connectivity index (χ0n) is 13.0. The first kappa shape index (κ1) is 16.8. The molecule has 0 saturated carbocycles. The minimum Gasteiger partial charge on any atom is -0.450 e. The van der Waals surface area contributed by atoms with Gasteiger partial charge in [0.05, 0.1) is 18.2 Å². The number of benzene rings is 2. The number of amides is 3. The van der Waals surface area contributed by atoms with E-state index in [1.807, 2.05) is 6.07 Å². The van der Waals surface area contributed by atoms with Gasteiger partial charge in [-0.25, -0.2) is 9.59 Å². The highest BCUT2D eigenvalue weighted by Crippen LogP contribution is 2.15. The fraction of sp³-hybridized carbons (Fsp3) is 0.118. The summed E-state index contributed by atoms with van der Waals surface area (Å²) in [7, 11) is 0. The van der Waals surface area contributed by atoms with Gasteiger partial charge in [0.2, 0.25) is 0 Å². The van der Waals surface area contributed by atoms with Gasteiger partial charge in [-0.1, -0.05) is 6.07 Å². The average Bonchev–Trinajstić information content (AvgIpc) is 2.57. The Morgan fingerprint density at radius 2 is 1.62 bits per heavy atom. The van der Waals surface area contributed by atoms with Gasteiger partial charge in [-0.3, -0.25) is 5.32 Å². The van der Waals surface area contributed by atoms with Gasteiger partial charge in [0.1, 0.15) is 0 Å². The van der Waals surface area contributed by atoms with Crippen LogP contribution in [0.1, 0.15) is 12.5 Å². The minimum atomic E-state index is -0.534. The fourth-order valence-corrected chi connectivity index (χ4v) is 1.88. The number of nitriles is 1. The summed E-state index contributed by atoms with van der Waals surface area (Å²) in [5.41, 5.74) is 2.09. The number of urea groups is 1. The van der Waals surface area contributed by atoms with Crippen LogP contribution in [0.4, 0.5) is 26.7 Å². The van der Waals surface area contributed by atoms with Crippen molar-refractivity contribution in [3.8, 4) is 6.07 Å². The zero-order chi connectivity index (χ0) is 17.4. The summed E-state index contributed by atoms with van der Waals surface area (Å²) in [5.74, 6) is 0.